The molecule has 24 heavy (non-hydrogen) atoms. The number of methoxy groups -OCH3 is 1. The molecular weight excluding hydrogens is 304 g/mol. The average molecular weight is 324 g/mol. The molecule has 5 nitrogen and oxygen atoms in total. The molecule has 1 amide bonds. The number of nitrogens with one attached hydrogen (secondary N) is 1. The molecule has 1 unspecified atom stereocenters. The van der Waals surface area contributed by atoms with Crippen molar-refractivity contribution in [3.63, 3.8) is 0 Å². The van der Waals surface area contributed by atoms with Crippen LogP contribution in [0.1, 0.15) is 41.4 Å². The highest BCUT2D eigenvalue weighted by molar-refractivity contribution is 5.95. The molecule has 0 saturated heterocycles. The minimum atomic E-state index is -0.201. The molecule has 1 atom stereocenters. The van der Waals surface area contributed by atoms with Gasteiger partial charge < -0.3 is 14.8 Å². The molecule has 2 rings (SSSR count). The Morgan fingerprint density at radius 1 is 1.21 bits per heavy atom. The second-order valence-corrected chi connectivity index (χ2v) is 5.23. The molecule has 2 aromatic carbocycles. The lowest BCUT2D eigenvalue weighted by molar-refractivity contribution is 0.0939. The standard InChI is InChI=1S/C19H20N2O3/c1-4-24-17-10-9-16(11-18(17)23-3)19(22)21-13(2)15-7-5-14(12-20)6-8-15/h5-11,13H,4H2,1-3H3,(H,21,22). The smallest absolute Gasteiger partial charge is 0.251 e. The van der Waals surface area contributed by atoms with E-state index in [0.717, 1.165) is 5.56 Å². The highest BCUT2D eigenvalue weighted by Crippen LogP contribution is 2.28. The van der Waals surface area contributed by atoms with E-state index in [0.29, 0.717) is 29.2 Å². The zero-order valence-electron chi connectivity index (χ0n) is 14.0. The number of hydrogen-bond donors (Lipinski definition) is 1. The van der Waals surface area contributed by atoms with Crippen molar-refractivity contribution in [1.29, 1.82) is 5.26 Å². The van der Waals surface area contributed by atoms with Gasteiger partial charge in [-0.2, -0.15) is 5.26 Å². The van der Waals surface area contributed by atoms with Crippen molar-refractivity contribution in [2.45, 2.75) is 19.9 Å². The summed E-state index contributed by atoms with van der Waals surface area (Å²) in [5.74, 6) is 0.931. The maximum Gasteiger partial charge on any atom is 0.251 e. The Labute approximate surface area is 141 Å². The number of ether oxygens (including phenoxy) is 2. The Kier molecular flexibility index (Phi) is 5.80. The van der Waals surface area contributed by atoms with Crippen LogP contribution in [0.25, 0.3) is 0 Å². The minimum Gasteiger partial charge on any atom is -0.493 e. The fourth-order valence-electron chi connectivity index (χ4n) is 2.29. The molecule has 1 N–H and O–H groups in total. The summed E-state index contributed by atoms with van der Waals surface area (Å²) in [6, 6.07) is 14.1. The lowest BCUT2D eigenvalue weighted by Crippen LogP contribution is -2.26. The Morgan fingerprint density at radius 2 is 1.92 bits per heavy atom. The van der Waals surface area contributed by atoms with Gasteiger partial charge in [-0.05, 0) is 49.7 Å². The van der Waals surface area contributed by atoms with Crippen LogP contribution in [0.15, 0.2) is 42.5 Å². The summed E-state index contributed by atoms with van der Waals surface area (Å²) in [6.07, 6.45) is 0. The summed E-state index contributed by atoms with van der Waals surface area (Å²) >= 11 is 0. The SMILES string of the molecule is CCOc1ccc(C(=O)NC(C)c2ccc(C#N)cc2)cc1OC. The van der Waals surface area contributed by atoms with E-state index < -0.39 is 0 Å². The van der Waals surface area contributed by atoms with E-state index in [1.54, 1.807) is 37.4 Å². The fraction of sp³-hybridized carbons (Fsp3) is 0.263. The molecular formula is C19H20N2O3. The van der Waals surface area contributed by atoms with E-state index in [9.17, 15) is 4.79 Å². The molecule has 0 radical (unpaired) electrons. The summed E-state index contributed by atoms with van der Waals surface area (Å²) in [5.41, 5.74) is 2.02. The van der Waals surface area contributed by atoms with Crippen molar-refractivity contribution in [3.05, 3.63) is 59.2 Å². The van der Waals surface area contributed by atoms with Crippen LogP contribution in [0.5, 0.6) is 11.5 Å². The van der Waals surface area contributed by atoms with Crippen LogP contribution < -0.4 is 14.8 Å². The number of nitrogens with zero attached hydrogens (tertiary/aromatic N) is 1. The molecule has 0 bridgehead atoms. The number of rotatable bonds is 6. The second-order valence-electron chi connectivity index (χ2n) is 5.23. The van der Waals surface area contributed by atoms with Crippen LogP contribution in [-0.4, -0.2) is 19.6 Å². The first-order chi connectivity index (χ1) is 11.6. The molecule has 0 heterocycles. The van der Waals surface area contributed by atoms with Gasteiger partial charge in [0.25, 0.3) is 5.91 Å². The summed E-state index contributed by atoms with van der Waals surface area (Å²) < 4.78 is 10.7. The number of benzene rings is 2. The molecule has 2 aromatic rings. The molecule has 0 aliphatic heterocycles. The van der Waals surface area contributed by atoms with Gasteiger partial charge in [-0.25, -0.2) is 0 Å². The number of nitriles is 1. The van der Waals surface area contributed by atoms with Gasteiger partial charge in [0, 0.05) is 5.56 Å². The van der Waals surface area contributed by atoms with Crippen LogP contribution >= 0.6 is 0 Å². The highest BCUT2D eigenvalue weighted by Gasteiger charge is 2.14. The van der Waals surface area contributed by atoms with Crippen molar-refractivity contribution in [2.24, 2.45) is 0 Å². The molecule has 0 spiro atoms. The number of carbonyl (C=O) groups is 1. The molecule has 124 valence electrons. The third-order valence-electron chi connectivity index (χ3n) is 3.61. The van der Waals surface area contributed by atoms with Gasteiger partial charge in [-0.1, -0.05) is 12.1 Å². The normalized spacial score (nSPS) is 11.2. The largest absolute Gasteiger partial charge is 0.493 e. The Morgan fingerprint density at radius 3 is 2.50 bits per heavy atom. The zero-order chi connectivity index (χ0) is 17.5. The van der Waals surface area contributed by atoms with E-state index in [1.165, 1.54) is 0 Å². The fourth-order valence-corrected chi connectivity index (χ4v) is 2.29. The van der Waals surface area contributed by atoms with Gasteiger partial charge in [-0.3, -0.25) is 4.79 Å². The van der Waals surface area contributed by atoms with Gasteiger partial charge in [0.1, 0.15) is 0 Å². The number of amides is 1. The second kappa shape index (κ2) is 8.02. The van der Waals surface area contributed by atoms with Crippen LogP contribution in [0.4, 0.5) is 0 Å². The minimum absolute atomic E-state index is 0.178. The first kappa shape index (κ1) is 17.4. The lowest BCUT2D eigenvalue weighted by Gasteiger charge is -2.15. The third kappa shape index (κ3) is 4.05. The van der Waals surface area contributed by atoms with Crippen molar-refractivity contribution in [1.82, 2.24) is 5.32 Å². The quantitative estimate of drug-likeness (QED) is 0.883. The Hall–Kier alpha value is -3.00. The Bertz CT molecular complexity index is 748. The molecule has 0 aromatic heterocycles. The summed E-state index contributed by atoms with van der Waals surface area (Å²) in [5, 5.41) is 11.8. The highest BCUT2D eigenvalue weighted by atomic mass is 16.5. The lowest BCUT2D eigenvalue weighted by atomic mass is 10.1. The Balaban J connectivity index is 2.12. The predicted molar refractivity (Wildman–Crippen MR) is 91.2 cm³/mol. The third-order valence-corrected chi connectivity index (χ3v) is 3.61. The molecule has 0 saturated carbocycles. The molecule has 0 aliphatic carbocycles. The summed E-state index contributed by atoms with van der Waals surface area (Å²) in [6.45, 7) is 4.31. The van der Waals surface area contributed by atoms with Crippen molar-refractivity contribution in [3.8, 4) is 17.6 Å². The van der Waals surface area contributed by atoms with Crippen molar-refractivity contribution in [2.75, 3.05) is 13.7 Å². The van der Waals surface area contributed by atoms with Crippen molar-refractivity contribution >= 4 is 5.91 Å². The van der Waals surface area contributed by atoms with Crippen LogP contribution in [0.2, 0.25) is 0 Å². The topological polar surface area (TPSA) is 71.3 Å². The monoisotopic (exact) mass is 324 g/mol. The van der Waals surface area contributed by atoms with E-state index in [4.69, 9.17) is 14.7 Å². The summed E-state index contributed by atoms with van der Waals surface area (Å²) in [7, 11) is 1.54. The van der Waals surface area contributed by atoms with E-state index in [1.807, 2.05) is 26.0 Å². The predicted octanol–water partition coefficient (Wildman–Crippen LogP) is 3.46. The van der Waals surface area contributed by atoms with Gasteiger partial charge >= 0.3 is 0 Å². The first-order valence-electron chi connectivity index (χ1n) is 7.70. The van der Waals surface area contributed by atoms with Crippen LogP contribution in [-0.2, 0) is 0 Å². The number of hydrogen-bond acceptors (Lipinski definition) is 4. The van der Waals surface area contributed by atoms with Crippen molar-refractivity contribution < 1.29 is 14.3 Å². The molecule has 5 heteroatoms. The molecule has 0 aliphatic rings. The van der Waals surface area contributed by atoms with Crippen LogP contribution in [0.3, 0.4) is 0 Å². The maximum absolute atomic E-state index is 12.4. The van der Waals surface area contributed by atoms with Gasteiger partial charge in [0.15, 0.2) is 11.5 Å². The number of carbonyl (C=O) groups excluding carboxylic acids is 1. The average Bonchev–Trinajstić information content (AvgIpc) is 2.62. The van der Waals surface area contributed by atoms with Gasteiger partial charge in [-0.15, -0.1) is 0 Å². The van der Waals surface area contributed by atoms with E-state index >= 15 is 0 Å². The molecule has 0 fully saturated rings. The van der Waals surface area contributed by atoms with Crippen LogP contribution in [0, 0.1) is 11.3 Å². The maximum atomic E-state index is 12.4. The zero-order valence-corrected chi connectivity index (χ0v) is 14.0. The van der Waals surface area contributed by atoms with Gasteiger partial charge in [0.05, 0.1) is 31.4 Å². The first-order valence-corrected chi connectivity index (χ1v) is 7.70. The van der Waals surface area contributed by atoms with E-state index in [2.05, 4.69) is 11.4 Å². The van der Waals surface area contributed by atoms with Gasteiger partial charge in [0.2, 0.25) is 0 Å². The summed E-state index contributed by atoms with van der Waals surface area (Å²) in [4.78, 5) is 12.4. The van der Waals surface area contributed by atoms with E-state index in [-0.39, 0.29) is 11.9 Å².